The van der Waals surface area contributed by atoms with Gasteiger partial charge in [0.05, 0.1) is 6.54 Å². The predicted octanol–water partition coefficient (Wildman–Crippen LogP) is 0.943. The van der Waals surface area contributed by atoms with E-state index >= 15 is 0 Å². The Balaban J connectivity index is 1.39. The Bertz CT molecular complexity index is 776. The summed E-state index contributed by atoms with van der Waals surface area (Å²) in [6, 6.07) is 10.5. The van der Waals surface area contributed by atoms with Gasteiger partial charge >= 0.3 is 6.03 Å². The largest absolute Gasteiger partial charge is 0.354 e. The van der Waals surface area contributed by atoms with E-state index in [1.54, 1.807) is 10.9 Å². The number of nitrogens with one attached hydrogen (secondary N) is 2. The fraction of sp³-hybridized carbons (Fsp3) is 0.368. The van der Waals surface area contributed by atoms with Crippen LogP contribution in [0.5, 0.6) is 0 Å². The Hall–Kier alpha value is -3.16. The Morgan fingerprint density at radius 1 is 1.15 bits per heavy atom. The van der Waals surface area contributed by atoms with Crippen LogP contribution in [0.15, 0.2) is 48.8 Å². The third kappa shape index (κ3) is 5.16. The lowest BCUT2D eigenvalue weighted by Gasteiger charge is -2.13. The SMILES string of the molecule is O=C(CC[C@H]1NC(=O)N(CCc2ccccc2)C1=O)NCCn1cccn1. The molecule has 3 rings (SSSR count). The Morgan fingerprint density at radius 2 is 1.96 bits per heavy atom. The topological polar surface area (TPSA) is 96.3 Å². The smallest absolute Gasteiger partial charge is 0.324 e. The molecule has 8 nitrogen and oxygen atoms in total. The monoisotopic (exact) mass is 369 g/mol. The summed E-state index contributed by atoms with van der Waals surface area (Å²) < 4.78 is 1.73. The number of imide groups is 1. The van der Waals surface area contributed by atoms with Gasteiger partial charge in [-0.15, -0.1) is 0 Å². The molecule has 1 atom stereocenters. The number of hydrogen-bond acceptors (Lipinski definition) is 4. The lowest BCUT2D eigenvalue weighted by Crippen LogP contribution is -2.34. The summed E-state index contributed by atoms with van der Waals surface area (Å²) in [7, 11) is 0. The summed E-state index contributed by atoms with van der Waals surface area (Å²) in [4.78, 5) is 37.6. The molecule has 1 saturated heterocycles. The number of nitrogens with zero attached hydrogens (tertiary/aromatic N) is 3. The van der Waals surface area contributed by atoms with E-state index in [0.29, 0.717) is 32.5 Å². The highest BCUT2D eigenvalue weighted by atomic mass is 16.2. The minimum atomic E-state index is -0.634. The van der Waals surface area contributed by atoms with Crippen molar-refractivity contribution >= 4 is 17.8 Å². The van der Waals surface area contributed by atoms with Gasteiger partial charge in [-0.3, -0.25) is 19.2 Å². The van der Waals surface area contributed by atoms with E-state index in [9.17, 15) is 14.4 Å². The second kappa shape index (κ2) is 8.98. The van der Waals surface area contributed by atoms with Gasteiger partial charge in [-0.25, -0.2) is 4.79 Å². The van der Waals surface area contributed by atoms with Crippen molar-refractivity contribution in [3.05, 3.63) is 54.4 Å². The molecule has 1 aromatic heterocycles. The lowest BCUT2D eigenvalue weighted by atomic mass is 10.1. The number of hydrogen-bond donors (Lipinski definition) is 2. The molecule has 1 aromatic carbocycles. The van der Waals surface area contributed by atoms with Crippen molar-refractivity contribution in [1.82, 2.24) is 25.3 Å². The van der Waals surface area contributed by atoms with Gasteiger partial charge in [-0.05, 0) is 24.5 Å². The molecule has 27 heavy (non-hydrogen) atoms. The van der Waals surface area contributed by atoms with Crippen LogP contribution in [0.2, 0.25) is 0 Å². The molecule has 2 N–H and O–H groups in total. The Morgan fingerprint density at radius 3 is 2.70 bits per heavy atom. The second-order valence-electron chi connectivity index (χ2n) is 6.39. The number of carbonyl (C=O) groups is 3. The lowest BCUT2D eigenvalue weighted by molar-refractivity contribution is -0.127. The standard InChI is InChI=1S/C19H23N5O3/c25-17(20-11-14-23-12-4-10-21-23)8-7-16-18(26)24(19(27)22-16)13-9-15-5-2-1-3-6-15/h1-6,10,12,16H,7-9,11,13-14H2,(H,20,25)(H,22,27)/t16-/m1/s1. The molecule has 142 valence electrons. The van der Waals surface area contributed by atoms with Gasteiger partial charge < -0.3 is 10.6 Å². The van der Waals surface area contributed by atoms with Crippen molar-refractivity contribution in [1.29, 1.82) is 0 Å². The molecular weight excluding hydrogens is 346 g/mol. The molecule has 2 aromatic rings. The Kier molecular flexibility index (Phi) is 6.19. The molecule has 0 spiro atoms. The summed E-state index contributed by atoms with van der Waals surface area (Å²) >= 11 is 0. The number of amides is 4. The number of carbonyl (C=O) groups excluding carboxylic acids is 3. The summed E-state index contributed by atoms with van der Waals surface area (Å²) in [5.74, 6) is -0.410. The van der Waals surface area contributed by atoms with E-state index in [-0.39, 0.29) is 24.3 Å². The maximum atomic E-state index is 12.4. The van der Waals surface area contributed by atoms with E-state index in [4.69, 9.17) is 0 Å². The van der Waals surface area contributed by atoms with Crippen LogP contribution in [-0.2, 0) is 22.6 Å². The van der Waals surface area contributed by atoms with E-state index < -0.39 is 6.04 Å². The van der Waals surface area contributed by atoms with Crippen LogP contribution in [0.4, 0.5) is 4.79 Å². The van der Waals surface area contributed by atoms with Gasteiger partial charge in [0.15, 0.2) is 0 Å². The van der Waals surface area contributed by atoms with Crippen LogP contribution in [0, 0.1) is 0 Å². The van der Waals surface area contributed by atoms with E-state index in [1.165, 1.54) is 4.90 Å². The van der Waals surface area contributed by atoms with Crippen LogP contribution in [-0.4, -0.2) is 51.7 Å². The summed E-state index contributed by atoms with van der Waals surface area (Å²) in [6.07, 6.45) is 4.59. The highest BCUT2D eigenvalue weighted by molar-refractivity contribution is 6.04. The molecule has 1 aliphatic rings. The zero-order chi connectivity index (χ0) is 19.1. The van der Waals surface area contributed by atoms with Crippen molar-refractivity contribution in [3.63, 3.8) is 0 Å². The maximum Gasteiger partial charge on any atom is 0.324 e. The predicted molar refractivity (Wildman–Crippen MR) is 98.6 cm³/mol. The number of aromatic nitrogens is 2. The molecule has 0 bridgehead atoms. The van der Waals surface area contributed by atoms with Crippen molar-refractivity contribution in [2.75, 3.05) is 13.1 Å². The first-order chi connectivity index (χ1) is 13.1. The third-order valence-corrected chi connectivity index (χ3v) is 4.46. The first-order valence-corrected chi connectivity index (χ1v) is 9.03. The third-order valence-electron chi connectivity index (χ3n) is 4.46. The van der Waals surface area contributed by atoms with Crippen LogP contribution >= 0.6 is 0 Å². The first kappa shape index (κ1) is 18.6. The van der Waals surface area contributed by atoms with Crippen LogP contribution in [0.25, 0.3) is 0 Å². The van der Waals surface area contributed by atoms with E-state index in [1.807, 2.05) is 42.6 Å². The minimum absolute atomic E-state index is 0.146. The first-order valence-electron chi connectivity index (χ1n) is 9.03. The highest BCUT2D eigenvalue weighted by Gasteiger charge is 2.37. The van der Waals surface area contributed by atoms with Gasteiger partial charge in [0.1, 0.15) is 6.04 Å². The van der Waals surface area contributed by atoms with E-state index in [0.717, 1.165) is 5.56 Å². The van der Waals surface area contributed by atoms with Crippen LogP contribution in [0.1, 0.15) is 18.4 Å². The molecule has 2 heterocycles. The van der Waals surface area contributed by atoms with Gasteiger partial charge in [0.2, 0.25) is 5.91 Å². The van der Waals surface area contributed by atoms with Gasteiger partial charge in [-0.1, -0.05) is 30.3 Å². The molecule has 4 amide bonds. The molecule has 0 unspecified atom stereocenters. The van der Waals surface area contributed by atoms with Crippen molar-refractivity contribution in [3.8, 4) is 0 Å². The summed E-state index contributed by atoms with van der Waals surface area (Å²) in [5, 5.41) is 9.51. The van der Waals surface area contributed by atoms with Gasteiger partial charge in [0, 0.05) is 31.9 Å². The number of urea groups is 1. The Labute approximate surface area is 157 Å². The summed E-state index contributed by atoms with van der Waals surface area (Å²) in [6.45, 7) is 1.39. The van der Waals surface area contributed by atoms with Crippen molar-refractivity contribution in [2.45, 2.75) is 31.8 Å². The fourth-order valence-corrected chi connectivity index (χ4v) is 2.98. The van der Waals surface area contributed by atoms with Crippen molar-refractivity contribution < 1.29 is 14.4 Å². The molecule has 0 saturated carbocycles. The maximum absolute atomic E-state index is 12.4. The quantitative estimate of drug-likeness (QED) is 0.643. The molecule has 1 fully saturated rings. The molecule has 8 heteroatoms. The highest BCUT2D eigenvalue weighted by Crippen LogP contribution is 2.12. The summed E-state index contributed by atoms with van der Waals surface area (Å²) in [5.41, 5.74) is 1.07. The molecule has 0 aliphatic carbocycles. The molecular formula is C19H23N5O3. The average Bonchev–Trinajstić information content (AvgIpc) is 3.28. The second-order valence-corrected chi connectivity index (χ2v) is 6.39. The number of benzene rings is 1. The normalized spacial score (nSPS) is 16.4. The van der Waals surface area contributed by atoms with Gasteiger partial charge in [-0.2, -0.15) is 5.10 Å². The number of rotatable bonds is 9. The molecule has 0 radical (unpaired) electrons. The fourth-order valence-electron chi connectivity index (χ4n) is 2.98. The van der Waals surface area contributed by atoms with Gasteiger partial charge in [0.25, 0.3) is 5.91 Å². The molecule has 1 aliphatic heterocycles. The zero-order valence-corrected chi connectivity index (χ0v) is 15.0. The minimum Gasteiger partial charge on any atom is -0.354 e. The van der Waals surface area contributed by atoms with Crippen LogP contribution < -0.4 is 10.6 Å². The average molecular weight is 369 g/mol. The van der Waals surface area contributed by atoms with E-state index in [2.05, 4.69) is 15.7 Å². The van der Waals surface area contributed by atoms with Crippen LogP contribution in [0.3, 0.4) is 0 Å². The zero-order valence-electron chi connectivity index (χ0n) is 15.0. The van der Waals surface area contributed by atoms with Crippen molar-refractivity contribution in [2.24, 2.45) is 0 Å².